The third-order valence-electron chi connectivity index (χ3n) is 4.32. The first-order chi connectivity index (χ1) is 14.7. The van der Waals surface area contributed by atoms with Crippen molar-refractivity contribution in [3.63, 3.8) is 0 Å². The summed E-state index contributed by atoms with van der Waals surface area (Å²) in [5, 5.41) is 8.55. The zero-order valence-corrected chi connectivity index (χ0v) is 18.3. The molecule has 0 saturated heterocycles. The van der Waals surface area contributed by atoms with E-state index < -0.39 is 0 Å². The molecule has 30 heavy (non-hydrogen) atoms. The van der Waals surface area contributed by atoms with Crippen LogP contribution in [0, 0.1) is 0 Å². The summed E-state index contributed by atoms with van der Waals surface area (Å²) in [4.78, 5) is 11.5. The van der Waals surface area contributed by atoms with Crippen molar-refractivity contribution in [1.29, 1.82) is 0 Å². The summed E-state index contributed by atoms with van der Waals surface area (Å²) in [5.74, 6) is 0.113. The summed E-state index contributed by atoms with van der Waals surface area (Å²) in [5.41, 5.74) is 2.08. The van der Waals surface area contributed by atoms with Crippen LogP contribution in [-0.4, -0.2) is 83.6 Å². The molecule has 0 saturated carbocycles. The second kappa shape index (κ2) is 19.6. The van der Waals surface area contributed by atoms with E-state index in [4.69, 9.17) is 28.8 Å². The molecule has 0 spiro atoms. The molecule has 0 amide bonds. The first-order valence-electron chi connectivity index (χ1n) is 10.8. The van der Waals surface area contributed by atoms with Gasteiger partial charge in [0.25, 0.3) is 0 Å². The molecule has 1 N–H and O–H groups in total. The standard InChI is InChI=1S/C23H38O7/c1-21(25)23-8-3-2-6-22(20-23)7-4-5-10-26-12-14-28-16-18-30-19-17-29-15-13-27-11-9-24/h2-3,8,20,24H,4-7,9-19H2,1H3. The quantitative estimate of drug-likeness (QED) is 0.300. The number of unbranched alkanes of at least 4 members (excludes halogenated alkanes) is 1. The SMILES string of the molecule is CC(=O)C1=CC=CCC(CCCCOCCOCCOCCOCCOCCO)=C1. The fourth-order valence-electron chi connectivity index (χ4n) is 2.71. The summed E-state index contributed by atoms with van der Waals surface area (Å²) in [6.07, 6.45) is 11.9. The number of carbonyl (C=O) groups is 1. The van der Waals surface area contributed by atoms with Crippen molar-refractivity contribution in [2.24, 2.45) is 0 Å². The van der Waals surface area contributed by atoms with Crippen LogP contribution in [0.4, 0.5) is 0 Å². The summed E-state index contributed by atoms with van der Waals surface area (Å²) >= 11 is 0. The predicted molar refractivity (Wildman–Crippen MR) is 116 cm³/mol. The highest BCUT2D eigenvalue weighted by atomic mass is 16.6. The van der Waals surface area contributed by atoms with E-state index in [1.165, 1.54) is 5.57 Å². The van der Waals surface area contributed by atoms with E-state index in [1.54, 1.807) is 6.92 Å². The lowest BCUT2D eigenvalue weighted by molar-refractivity contribution is -0.113. The Morgan fingerprint density at radius 2 is 1.37 bits per heavy atom. The maximum Gasteiger partial charge on any atom is 0.159 e. The van der Waals surface area contributed by atoms with Crippen LogP contribution in [0.15, 0.2) is 35.5 Å². The van der Waals surface area contributed by atoms with Gasteiger partial charge >= 0.3 is 0 Å². The van der Waals surface area contributed by atoms with E-state index in [0.717, 1.165) is 37.9 Å². The minimum atomic E-state index is 0.0342. The van der Waals surface area contributed by atoms with E-state index in [-0.39, 0.29) is 12.4 Å². The van der Waals surface area contributed by atoms with Crippen LogP contribution < -0.4 is 0 Å². The molecule has 1 rings (SSSR count). The van der Waals surface area contributed by atoms with Gasteiger partial charge in [0.05, 0.1) is 66.1 Å². The Morgan fingerprint density at radius 1 is 0.833 bits per heavy atom. The molecule has 1 aliphatic rings. The number of allylic oxidation sites excluding steroid dienone is 6. The Labute approximate surface area is 180 Å². The summed E-state index contributed by atoms with van der Waals surface area (Å²) in [6.45, 7) is 6.95. The molecule has 0 aromatic carbocycles. The Morgan fingerprint density at radius 3 is 1.90 bits per heavy atom. The monoisotopic (exact) mass is 426 g/mol. The van der Waals surface area contributed by atoms with Crippen molar-refractivity contribution in [2.45, 2.75) is 32.6 Å². The van der Waals surface area contributed by atoms with Gasteiger partial charge in [-0.1, -0.05) is 29.9 Å². The molecule has 0 heterocycles. The normalized spacial score (nSPS) is 13.8. The third-order valence-corrected chi connectivity index (χ3v) is 4.32. The first-order valence-corrected chi connectivity index (χ1v) is 10.8. The Bertz CT molecular complexity index is 526. The number of ether oxygens (including phenoxy) is 5. The minimum Gasteiger partial charge on any atom is -0.394 e. The van der Waals surface area contributed by atoms with E-state index in [0.29, 0.717) is 59.5 Å². The van der Waals surface area contributed by atoms with Crippen LogP contribution in [0.1, 0.15) is 32.6 Å². The van der Waals surface area contributed by atoms with Gasteiger partial charge in [-0.05, 0) is 32.6 Å². The number of carbonyl (C=O) groups excluding carboxylic acids is 1. The van der Waals surface area contributed by atoms with Gasteiger partial charge in [0.15, 0.2) is 5.78 Å². The Kier molecular flexibility index (Phi) is 17.4. The Balaban J connectivity index is 1.82. The fraction of sp³-hybridized carbons (Fsp3) is 0.696. The van der Waals surface area contributed by atoms with Crippen LogP contribution in [0.5, 0.6) is 0 Å². The molecule has 7 nitrogen and oxygen atoms in total. The topological polar surface area (TPSA) is 83.5 Å². The maximum atomic E-state index is 11.5. The van der Waals surface area contributed by atoms with E-state index >= 15 is 0 Å². The molecule has 7 heteroatoms. The zero-order chi connectivity index (χ0) is 21.7. The van der Waals surface area contributed by atoms with Gasteiger partial charge in [0, 0.05) is 12.2 Å². The number of ketones is 1. The number of hydrogen-bond donors (Lipinski definition) is 1. The summed E-state index contributed by atoms with van der Waals surface area (Å²) < 4.78 is 26.9. The average Bonchev–Trinajstić information content (AvgIpc) is 2.99. The molecule has 0 bridgehead atoms. The fourth-order valence-corrected chi connectivity index (χ4v) is 2.71. The average molecular weight is 427 g/mol. The van der Waals surface area contributed by atoms with Crippen LogP contribution >= 0.6 is 0 Å². The van der Waals surface area contributed by atoms with Crippen molar-refractivity contribution in [3.05, 3.63) is 35.5 Å². The smallest absolute Gasteiger partial charge is 0.159 e. The van der Waals surface area contributed by atoms with Gasteiger partial charge in [0.2, 0.25) is 0 Å². The molecular formula is C23H38O7. The van der Waals surface area contributed by atoms with Crippen molar-refractivity contribution in [2.75, 3.05) is 72.7 Å². The first kappa shape index (κ1) is 26.7. The molecule has 0 aromatic heterocycles. The molecule has 0 unspecified atom stereocenters. The predicted octanol–water partition coefficient (Wildman–Crippen LogP) is 2.63. The lowest BCUT2D eigenvalue weighted by atomic mass is 10.0. The molecule has 0 atom stereocenters. The summed E-state index contributed by atoms with van der Waals surface area (Å²) in [6, 6.07) is 0. The molecule has 172 valence electrons. The van der Waals surface area contributed by atoms with Gasteiger partial charge in [-0.2, -0.15) is 0 Å². The molecule has 0 aliphatic heterocycles. The van der Waals surface area contributed by atoms with Gasteiger partial charge in [-0.25, -0.2) is 0 Å². The Hall–Kier alpha value is -1.35. The van der Waals surface area contributed by atoms with E-state index in [1.807, 2.05) is 18.2 Å². The van der Waals surface area contributed by atoms with Crippen LogP contribution in [-0.2, 0) is 28.5 Å². The largest absolute Gasteiger partial charge is 0.394 e. The maximum absolute atomic E-state index is 11.5. The van der Waals surface area contributed by atoms with Crippen molar-refractivity contribution in [1.82, 2.24) is 0 Å². The van der Waals surface area contributed by atoms with Crippen LogP contribution in [0.25, 0.3) is 0 Å². The molecule has 1 aliphatic carbocycles. The van der Waals surface area contributed by atoms with Crippen molar-refractivity contribution >= 4 is 5.78 Å². The van der Waals surface area contributed by atoms with Crippen molar-refractivity contribution < 1.29 is 33.6 Å². The second-order valence-corrected chi connectivity index (χ2v) is 6.86. The van der Waals surface area contributed by atoms with Crippen LogP contribution in [0.2, 0.25) is 0 Å². The van der Waals surface area contributed by atoms with E-state index in [2.05, 4.69) is 6.08 Å². The van der Waals surface area contributed by atoms with Gasteiger partial charge < -0.3 is 28.8 Å². The number of Topliss-reactive ketones (excluding diaryl/α,β-unsaturated/α-hetero) is 1. The van der Waals surface area contributed by atoms with Gasteiger partial charge in [-0.15, -0.1) is 0 Å². The van der Waals surface area contributed by atoms with Crippen molar-refractivity contribution in [3.8, 4) is 0 Å². The molecule has 0 radical (unpaired) electrons. The molecule has 0 aromatic rings. The third kappa shape index (κ3) is 15.5. The second-order valence-electron chi connectivity index (χ2n) is 6.86. The number of hydrogen-bond acceptors (Lipinski definition) is 7. The lowest BCUT2D eigenvalue weighted by Gasteiger charge is -2.08. The number of aliphatic hydroxyl groups excluding tert-OH is 1. The molecular weight excluding hydrogens is 388 g/mol. The number of aliphatic hydroxyl groups is 1. The highest BCUT2D eigenvalue weighted by molar-refractivity contribution is 5.96. The molecule has 0 fully saturated rings. The lowest BCUT2D eigenvalue weighted by Crippen LogP contribution is -2.13. The minimum absolute atomic E-state index is 0.0342. The highest BCUT2D eigenvalue weighted by Crippen LogP contribution is 2.18. The van der Waals surface area contributed by atoms with E-state index in [9.17, 15) is 4.79 Å². The van der Waals surface area contributed by atoms with Gasteiger partial charge in [0.1, 0.15) is 0 Å². The summed E-state index contributed by atoms with van der Waals surface area (Å²) in [7, 11) is 0. The number of rotatable bonds is 20. The van der Waals surface area contributed by atoms with Gasteiger partial charge in [-0.3, -0.25) is 4.79 Å². The van der Waals surface area contributed by atoms with Crippen LogP contribution in [0.3, 0.4) is 0 Å². The highest BCUT2D eigenvalue weighted by Gasteiger charge is 2.05. The zero-order valence-electron chi connectivity index (χ0n) is 18.3.